The molecule has 7 nitrogen and oxygen atoms in total. The zero-order valence-corrected chi connectivity index (χ0v) is 16.0. The molecule has 1 amide bonds. The fourth-order valence-electron chi connectivity index (χ4n) is 4.37. The van der Waals surface area contributed by atoms with E-state index >= 15 is 0 Å². The van der Waals surface area contributed by atoms with Crippen LogP contribution in [0, 0.1) is 6.92 Å². The molecule has 1 atom stereocenters. The van der Waals surface area contributed by atoms with Crippen LogP contribution in [0.25, 0.3) is 0 Å². The van der Waals surface area contributed by atoms with Crippen LogP contribution >= 0.6 is 0 Å². The van der Waals surface area contributed by atoms with Crippen LogP contribution in [0.4, 0.5) is 0 Å². The number of fused-ring (bicyclic) bond motifs is 1. The molecule has 4 rings (SSSR count). The van der Waals surface area contributed by atoms with Crippen molar-refractivity contribution in [2.75, 3.05) is 19.6 Å². The van der Waals surface area contributed by atoms with E-state index in [4.69, 9.17) is 0 Å². The van der Waals surface area contributed by atoms with Gasteiger partial charge in [0.2, 0.25) is 5.91 Å². The maximum Gasteiger partial charge on any atom is 0.233 e. The van der Waals surface area contributed by atoms with Crippen molar-refractivity contribution in [3.05, 3.63) is 35.2 Å². The van der Waals surface area contributed by atoms with Gasteiger partial charge >= 0.3 is 0 Å². The van der Waals surface area contributed by atoms with Gasteiger partial charge in [0.25, 0.3) is 0 Å². The number of carbonyl (C=O) groups is 1. The number of hydrogen-bond acceptors (Lipinski definition) is 4. The molecule has 0 aliphatic carbocycles. The lowest BCUT2D eigenvalue weighted by Gasteiger charge is -2.36. The van der Waals surface area contributed by atoms with E-state index < -0.39 is 0 Å². The summed E-state index contributed by atoms with van der Waals surface area (Å²) in [6.07, 6.45) is 5.32. The zero-order chi connectivity index (χ0) is 18.3. The van der Waals surface area contributed by atoms with Crippen LogP contribution in [-0.2, 0) is 32.0 Å². The molecule has 0 N–H and O–H groups in total. The fourth-order valence-corrected chi connectivity index (χ4v) is 4.37. The molecule has 0 aromatic carbocycles. The number of aromatic nitrogens is 4. The number of imidazole rings is 1. The standard InChI is InChI=1S/C19H28N6O/c1-14-9-15(23(3)21-14)10-24-11-16(18-17(12-24)20-13-22(18)2)19(26)25-7-5-4-6-8-25/h9,13,16H,4-8,10-12H2,1-3H3. The molecule has 140 valence electrons. The number of amides is 1. The van der Waals surface area contributed by atoms with Gasteiger partial charge in [0, 0.05) is 46.8 Å². The second-order valence-corrected chi connectivity index (χ2v) is 7.70. The van der Waals surface area contributed by atoms with Crippen molar-refractivity contribution in [2.24, 2.45) is 14.1 Å². The van der Waals surface area contributed by atoms with Crippen molar-refractivity contribution in [2.45, 2.75) is 45.2 Å². The molecule has 1 saturated heterocycles. The smallest absolute Gasteiger partial charge is 0.233 e. The van der Waals surface area contributed by atoms with Crippen LogP contribution in [0.2, 0.25) is 0 Å². The Kier molecular flexibility index (Phi) is 4.56. The highest BCUT2D eigenvalue weighted by atomic mass is 16.2. The van der Waals surface area contributed by atoms with Crippen molar-refractivity contribution in [3.63, 3.8) is 0 Å². The Balaban J connectivity index is 1.59. The first-order valence-corrected chi connectivity index (χ1v) is 9.53. The van der Waals surface area contributed by atoms with Crippen molar-refractivity contribution in [1.82, 2.24) is 29.1 Å². The van der Waals surface area contributed by atoms with Gasteiger partial charge in [-0.1, -0.05) is 0 Å². The number of nitrogens with zero attached hydrogens (tertiary/aromatic N) is 6. The van der Waals surface area contributed by atoms with Crippen LogP contribution in [0.3, 0.4) is 0 Å². The summed E-state index contributed by atoms with van der Waals surface area (Å²) in [5.41, 5.74) is 4.33. The molecule has 7 heteroatoms. The molecule has 2 aromatic rings. The summed E-state index contributed by atoms with van der Waals surface area (Å²) in [5, 5.41) is 4.45. The minimum Gasteiger partial charge on any atom is -0.342 e. The molecule has 2 aliphatic rings. The first-order valence-electron chi connectivity index (χ1n) is 9.53. The summed E-state index contributed by atoms with van der Waals surface area (Å²) >= 11 is 0. The summed E-state index contributed by atoms with van der Waals surface area (Å²) in [7, 11) is 3.98. The number of rotatable bonds is 3. The van der Waals surface area contributed by atoms with E-state index in [1.165, 1.54) is 12.1 Å². The quantitative estimate of drug-likeness (QED) is 0.838. The Morgan fingerprint density at radius 1 is 1.23 bits per heavy atom. The summed E-state index contributed by atoms with van der Waals surface area (Å²) in [6.45, 7) is 6.11. The summed E-state index contributed by atoms with van der Waals surface area (Å²) in [5.74, 6) is 0.138. The average Bonchev–Trinajstić information content (AvgIpc) is 3.16. The lowest BCUT2D eigenvalue weighted by atomic mass is 9.95. The van der Waals surface area contributed by atoms with E-state index in [1.807, 2.05) is 36.6 Å². The van der Waals surface area contributed by atoms with Crippen LogP contribution in [0.1, 0.15) is 48.0 Å². The predicted octanol–water partition coefficient (Wildman–Crippen LogP) is 1.57. The highest BCUT2D eigenvalue weighted by Gasteiger charge is 2.36. The molecule has 0 saturated carbocycles. The van der Waals surface area contributed by atoms with Gasteiger partial charge in [-0.25, -0.2) is 4.98 Å². The zero-order valence-electron chi connectivity index (χ0n) is 16.0. The van der Waals surface area contributed by atoms with E-state index in [1.54, 1.807) is 0 Å². The van der Waals surface area contributed by atoms with Gasteiger partial charge in [0.15, 0.2) is 0 Å². The number of carbonyl (C=O) groups excluding carboxylic acids is 1. The molecule has 1 fully saturated rings. The molecule has 0 spiro atoms. The Morgan fingerprint density at radius 2 is 2.00 bits per heavy atom. The largest absolute Gasteiger partial charge is 0.342 e. The molecule has 4 heterocycles. The number of aryl methyl sites for hydroxylation is 3. The highest BCUT2D eigenvalue weighted by Crippen LogP contribution is 2.30. The van der Waals surface area contributed by atoms with E-state index in [0.717, 1.165) is 62.6 Å². The van der Waals surface area contributed by atoms with Gasteiger partial charge in [-0.3, -0.25) is 14.4 Å². The molecular formula is C19H28N6O. The van der Waals surface area contributed by atoms with Crippen LogP contribution in [0.15, 0.2) is 12.4 Å². The normalized spacial score (nSPS) is 21.0. The Bertz CT molecular complexity index is 801. The average molecular weight is 356 g/mol. The van der Waals surface area contributed by atoms with E-state index in [-0.39, 0.29) is 11.8 Å². The molecule has 1 unspecified atom stereocenters. The molecule has 2 aliphatic heterocycles. The Labute approximate surface area is 154 Å². The van der Waals surface area contributed by atoms with Crippen molar-refractivity contribution in [1.29, 1.82) is 0 Å². The number of piperidine rings is 1. The van der Waals surface area contributed by atoms with Crippen LogP contribution < -0.4 is 0 Å². The van der Waals surface area contributed by atoms with Gasteiger partial charge in [-0.15, -0.1) is 0 Å². The van der Waals surface area contributed by atoms with Gasteiger partial charge in [-0.05, 0) is 32.3 Å². The lowest BCUT2D eigenvalue weighted by molar-refractivity contribution is -0.134. The van der Waals surface area contributed by atoms with Crippen molar-refractivity contribution < 1.29 is 4.79 Å². The molecule has 0 bridgehead atoms. The lowest BCUT2D eigenvalue weighted by Crippen LogP contribution is -2.45. The topological polar surface area (TPSA) is 59.2 Å². The third-order valence-electron chi connectivity index (χ3n) is 5.66. The monoisotopic (exact) mass is 356 g/mol. The van der Waals surface area contributed by atoms with Gasteiger partial charge < -0.3 is 9.47 Å². The third kappa shape index (κ3) is 3.16. The minimum absolute atomic E-state index is 0.126. The van der Waals surface area contributed by atoms with Gasteiger partial charge in [-0.2, -0.15) is 5.10 Å². The molecule has 2 aromatic heterocycles. The first kappa shape index (κ1) is 17.3. The van der Waals surface area contributed by atoms with Crippen LogP contribution in [-0.4, -0.2) is 54.7 Å². The second kappa shape index (κ2) is 6.87. The predicted molar refractivity (Wildman–Crippen MR) is 98.4 cm³/mol. The third-order valence-corrected chi connectivity index (χ3v) is 5.66. The van der Waals surface area contributed by atoms with Crippen molar-refractivity contribution >= 4 is 5.91 Å². The maximum absolute atomic E-state index is 13.3. The van der Waals surface area contributed by atoms with Gasteiger partial charge in [0.1, 0.15) is 0 Å². The van der Waals surface area contributed by atoms with E-state index in [9.17, 15) is 4.79 Å². The second-order valence-electron chi connectivity index (χ2n) is 7.70. The summed E-state index contributed by atoms with van der Waals surface area (Å²) in [6, 6.07) is 2.12. The van der Waals surface area contributed by atoms with E-state index in [0.29, 0.717) is 0 Å². The number of likely N-dealkylation sites (tertiary alicyclic amines) is 1. The maximum atomic E-state index is 13.3. The van der Waals surface area contributed by atoms with E-state index in [2.05, 4.69) is 25.9 Å². The summed E-state index contributed by atoms with van der Waals surface area (Å²) in [4.78, 5) is 22.2. The molecular weight excluding hydrogens is 328 g/mol. The van der Waals surface area contributed by atoms with Gasteiger partial charge in [0.05, 0.1) is 35.0 Å². The van der Waals surface area contributed by atoms with Crippen LogP contribution in [0.5, 0.6) is 0 Å². The Morgan fingerprint density at radius 3 is 2.69 bits per heavy atom. The number of hydrogen-bond donors (Lipinski definition) is 0. The summed E-state index contributed by atoms with van der Waals surface area (Å²) < 4.78 is 3.97. The first-order chi connectivity index (χ1) is 12.5. The minimum atomic E-state index is -0.126. The van der Waals surface area contributed by atoms with Crippen molar-refractivity contribution in [3.8, 4) is 0 Å². The molecule has 0 radical (unpaired) electrons. The SMILES string of the molecule is Cc1cc(CN2Cc3ncn(C)c3C(C(=O)N3CCCCC3)C2)n(C)n1. The Hall–Kier alpha value is -2.15. The fraction of sp³-hybridized carbons (Fsp3) is 0.632. The molecule has 26 heavy (non-hydrogen) atoms. The highest BCUT2D eigenvalue weighted by molar-refractivity contribution is 5.84.